The molecule has 0 bridgehead atoms. The minimum atomic E-state index is -0.295. The molecule has 0 spiro atoms. The minimum absolute atomic E-state index is 0.0619. The number of rotatable bonds is 4. The molecule has 0 unspecified atom stereocenters. The number of hydrogen-bond acceptors (Lipinski definition) is 5. The highest BCUT2D eigenvalue weighted by Gasteiger charge is 2.13. The highest BCUT2D eigenvalue weighted by Crippen LogP contribution is 2.31. The van der Waals surface area contributed by atoms with Gasteiger partial charge in [0.25, 0.3) is 0 Å². The van der Waals surface area contributed by atoms with Crippen LogP contribution in [0.4, 0.5) is 10.1 Å². The molecule has 0 aliphatic rings. The summed E-state index contributed by atoms with van der Waals surface area (Å²) in [5.41, 5.74) is 6.59. The maximum Gasteiger partial charge on any atom is 0.249 e. The lowest BCUT2D eigenvalue weighted by Crippen LogP contribution is -2.10. The maximum absolute atomic E-state index is 13.2. The lowest BCUT2D eigenvalue weighted by Gasteiger charge is -2.13. The predicted octanol–water partition coefficient (Wildman–Crippen LogP) is 3.09. The molecule has 0 amide bonds. The van der Waals surface area contributed by atoms with Crippen LogP contribution in [-0.2, 0) is 0 Å². The summed E-state index contributed by atoms with van der Waals surface area (Å²) >= 11 is 0. The molecule has 0 saturated carbocycles. The van der Waals surface area contributed by atoms with Gasteiger partial charge in [0.1, 0.15) is 17.9 Å². The van der Waals surface area contributed by atoms with Crippen molar-refractivity contribution in [3.05, 3.63) is 35.9 Å². The molecule has 6 heteroatoms. The standard InChI is InChI=1S/C14H16FN3O2/c1-8(2)19-13-12(16)14(18-7-17-13)20-10-4-5-11(15)9(3)6-10/h4-8H,16H2,1-3H3. The second kappa shape index (κ2) is 5.73. The molecule has 20 heavy (non-hydrogen) atoms. The van der Waals surface area contributed by atoms with Crippen LogP contribution >= 0.6 is 0 Å². The third kappa shape index (κ3) is 3.14. The van der Waals surface area contributed by atoms with Crippen LogP contribution in [0.5, 0.6) is 17.5 Å². The number of nitrogen functional groups attached to an aromatic ring is 1. The van der Waals surface area contributed by atoms with Crippen LogP contribution in [-0.4, -0.2) is 16.1 Å². The number of anilines is 1. The van der Waals surface area contributed by atoms with Gasteiger partial charge in [0, 0.05) is 0 Å². The first kappa shape index (κ1) is 14.0. The summed E-state index contributed by atoms with van der Waals surface area (Å²) in [4.78, 5) is 7.92. The van der Waals surface area contributed by atoms with Gasteiger partial charge >= 0.3 is 0 Å². The van der Waals surface area contributed by atoms with E-state index < -0.39 is 0 Å². The van der Waals surface area contributed by atoms with Crippen LogP contribution in [0.3, 0.4) is 0 Å². The van der Waals surface area contributed by atoms with Crippen LogP contribution in [0, 0.1) is 12.7 Å². The molecule has 0 radical (unpaired) electrons. The number of benzene rings is 1. The Balaban J connectivity index is 2.27. The third-order valence-corrected chi connectivity index (χ3v) is 2.50. The topological polar surface area (TPSA) is 70.3 Å². The van der Waals surface area contributed by atoms with Crippen molar-refractivity contribution in [3.63, 3.8) is 0 Å². The number of nitrogens with zero attached hydrogens (tertiary/aromatic N) is 2. The number of halogens is 1. The van der Waals surface area contributed by atoms with Crippen molar-refractivity contribution in [3.8, 4) is 17.5 Å². The van der Waals surface area contributed by atoms with Crippen molar-refractivity contribution < 1.29 is 13.9 Å². The zero-order valence-electron chi connectivity index (χ0n) is 11.6. The smallest absolute Gasteiger partial charge is 0.249 e. The Morgan fingerprint density at radius 2 is 1.90 bits per heavy atom. The summed E-state index contributed by atoms with van der Waals surface area (Å²) in [7, 11) is 0. The Bertz CT molecular complexity index is 617. The predicted molar refractivity (Wildman–Crippen MR) is 73.4 cm³/mol. The lowest BCUT2D eigenvalue weighted by molar-refractivity contribution is 0.232. The van der Waals surface area contributed by atoms with Crippen molar-refractivity contribution in [2.75, 3.05) is 5.73 Å². The summed E-state index contributed by atoms with van der Waals surface area (Å²) in [6, 6.07) is 4.40. The number of hydrogen-bond donors (Lipinski definition) is 1. The molecule has 2 rings (SSSR count). The number of aromatic nitrogens is 2. The first-order chi connectivity index (χ1) is 9.47. The molecule has 2 aromatic rings. The third-order valence-electron chi connectivity index (χ3n) is 2.50. The van der Waals surface area contributed by atoms with Gasteiger partial charge in [-0.2, -0.15) is 9.97 Å². The van der Waals surface area contributed by atoms with Crippen LogP contribution in [0.25, 0.3) is 0 Å². The molecule has 0 saturated heterocycles. The van der Waals surface area contributed by atoms with Crippen LogP contribution in [0.2, 0.25) is 0 Å². The van der Waals surface area contributed by atoms with Gasteiger partial charge < -0.3 is 15.2 Å². The van der Waals surface area contributed by atoms with E-state index in [0.29, 0.717) is 11.3 Å². The summed E-state index contributed by atoms with van der Waals surface area (Å²) in [6.45, 7) is 5.38. The molecule has 2 N–H and O–H groups in total. The second-order valence-electron chi connectivity index (χ2n) is 4.58. The molecule has 0 fully saturated rings. The quantitative estimate of drug-likeness (QED) is 0.929. The van der Waals surface area contributed by atoms with Crippen LogP contribution in [0.15, 0.2) is 24.5 Å². The molecule has 0 aliphatic carbocycles. The molecule has 0 aliphatic heterocycles. The SMILES string of the molecule is Cc1cc(Oc2ncnc(OC(C)C)c2N)ccc1F. The highest BCUT2D eigenvalue weighted by molar-refractivity contribution is 5.56. The van der Waals surface area contributed by atoms with E-state index in [4.69, 9.17) is 15.2 Å². The number of nitrogens with two attached hydrogens (primary N) is 1. The molecule has 1 heterocycles. The van der Waals surface area contributed by atoms with Gasteiger partial charge in [0.2, 0.25) is 11.8 Å². The van der Waals surface area contributed by atoms with E-state index in [-0.39, 0.29) is 29.4 Å². The Morgan fingerprint density at radius 1 is 1.20 bits per heavy atom. The van der Waals surface area contributed by atoms with Gasteiger partial charge in [0.15, 0.2) is 5.69 Å². The normalized spacial score (nSPS) is 10.7. The molecule has 5 nitrogen and oxygen atoms in total. The summed E-state index contributed by atoms with van der Waals surface area (Å²) in [5, 5.41) is 0. The van der Waals surface area contributed by atoms with E-state index in [2.05, 4.69) is 9.97 Å². The fourth-order valence-electron chi connectivity index (χ4n) is 1.56. The van der Waals surface area contributed by atoms with Crippen molar-refractivity contribution >= 4 is 5.69 Å². The van der Waals surface area contributed by atoms with Gasteiger partial charge in [-0.15, -0.1) is 0 Å². The van der Waals surface area contributed by atoms with Gasteiger partial charge in [-0.05, 0) is 44.5 Å². The molecule has 1 aromatic heterocycles. The summed E-state index contributed by atoms with van der Waals surface area (Å²) in [5.74, 6) is 0.604. The minimum Gasteiger partial charge on any atom is -0.473 e. The van der Waals surface area contributed by atoms with Crippen LogP contribution < -0.4 is 15.2 Å². The average molecular weight is 277 g/mol. The van der Waals surface area contributed by atoms with Gasteiger partial charge in [-0.25, -0.2) is 4.39 Å². The first-order valence-electron chi connectivity index (χ1n) is 6.18. The zero-order valence-corrected chi connectivity index (χ0v) is 11.6. The molecule has 106 valence electrons. The van der Waals surface area contributed by atoms with E-state index >= 15 is 0 Å². The van der Waals surface area contributed by atoms with E-state index in [9.17, 15) is 4.39 Å². The Kier molecular flexibility index (Phi) is 4.02. The van der Waals surface area contributed by atoms with Crippen molar-refractivity contribution in [1.82, 2.24) is 9.97 Å². The van der Waals surface area contributed by atoms with Crippen molar-refractivity contribution in [2.45, 2.75) is 26.9 Å². The largest absolute Gasteiger partial charge is 0.473 e. The van der Waals surface area contributed by atoms with Gasteiger partial charge in [0.05, 0.1) is 6.10 Å². The van der Waals surface area contributed by atoms with Gasteiger partial charge in [-0.3, -0.25) is 0 Å². The first-order valence-corrected chi connectivity index (χ1v) is 6.18. The van der Waals surface area contributed by atoms with Crippen molar-refractivity contribution in [1.29, 1.82) is 0 Å². The molecular formula is C14H16FN3O2. The van der Waals surface area contributed by atoms with Crippen LogP contribution in [0.1, 0.15) is 19.4 Å². The molecule has 1 aromatic carbocycles. The lowest BCUT2D eigenvalue weighted by atomic mass is 10.2. The average Bonchev–Trinajstić information content (AvgIpc) is 2.38. The van der Waals surface area contributed by atoms with E-state index in [0.717, 1.165) is 0 Å². The maximum atomic E-state index is 13.2. The Morgan fingerprint density at radius 3 is 2.55 bits per heavy atom. The van der Waals surface area contributed by atoms with E-state index in [1.54, 1.807) is 13.0 Å². The zero-order chi connectivity index (χ0) is 14.7. The monoisotopic (exact) mass is 277 g/mol. The number of aryl methyl sites for hydroxylation is 1. The summed E-state index contributed by atoms with van der Waals surface area (Å²) in [6.07, 6.45) is 1.24. The van der Waals surface area contributed by atoms with Crippen molar-refractivity contribution in [2.24, 2.45) is 0 Å². The van der Waals surface area contributed by atoms with E-state index in [1.165, 1.54) is 18.5 Å². The van der Waals surface area contributed by atoms with E-state index in [1.807, 2.05) is 13.8 Å². The molecule has 0 atom stereocenters. The highest BCUT2D eigenvalue weighted by atomic mass is 19.1. The fourth-order valence-corrected chi connectivity index (χ4v) is 1.56. The fraction of sp³-hybridized carbons (Fsp3) is 0.286. The second-order valence-corrected chi connectivity index (χ2v) is 4.58. The Hall–Kier alpha value is -2.37. The summed E-state index contributed by atoms with van der Waals surface area (Å²) < 4.78 is 24.2. The van der Waals surface area contributed by atoms with Gasteiger partial charge in [-0.1, -0.05) is 0 Å². The molecular weight excluding hydrogens is 261 g/mol. The Labute approximate surface area is 116 Å². The number of ether oxygens (including phenoxy) is 2.